The summed E-state index contributed by atoms with van der Waals surface area (Å²) in [5, 5.41) is 6.01. The quantitative estimate of drug-likeness (QED) is 0.544. The van der Waals surface area contributed by atoms with Gasteiger partial charge < -0.3 is 9.73 Å². The van der Waals surface area contributed by atoms with Crippen molar-refractivity contribution in [2.45, 2.75) is 0 Å². The molecule has 0 radical (unpaired) electrons. The second-order valence-corrected chi connectivity index (χ2v) is 6.73. The molecule has 0 atom stereocenters. The largest absolute Gasteiger partial charge is 0.423 e. The maximum absolute atomic E-state index is 12.5. The summed E-state index contributed by atoms with van der Waals surface area (Å²) in [6, 6.07) is 10.7. The lowest BCUT2D eigenvalue weighted by atomic mass is 10.3. The van der Waals surface area contributed by atoms with E-state index in [1.165, 1.54) is 11.3 Å². The second kappa shape index (κ2) is 6.74. The van der Waals surface area contributed by atoms with Crippen LogP contribution in [-0.4, -0.2) is 27.9 Å². The van der Waals surface area contributed by atoms with Gasteiger partial charge in [-0.25, -0.2) is 9.97 Å². The first-order chi connectivity index (χ1) is 12.6. The minimum atomic E-state index is -0.313. The lowest BCUT2D eigenvalue weighted by molar-refractivity contribution is 0.102. The van der Waals surface area contributed by atoms with Gasteiger partial charge in [0, 0.05) is 13.2 Å². The van der Waals surface area contributed by atoms with Crippen LogP contribution < -0.4 is 10.6 Å². The van der Waals surface area contributed by atoms with Crippen molar-refractivity contribution in [3.63, 3.8) is 0 Å². The number of aromatic nitrogens is 3. The number of hydrogen-bond acceptors (Lipinski definition) is 7. The number of carbonyl (C=O) groups excluding carboxylic acids is 1. The fourth-order valence-corrected chi connectivity index (χ4v) is 3.42. The van der Waals surface area contributed by atoms with Crippen LogP contribution in [0, 0.1) is 0 Å². The van der Waals surface area contributed by atoms with E-state index in [0.717, 1.165) is 10.6 Å². The van der Waals surface area contributed by atoms with E-state index in [0.29, 0.717) is 26.9 Å². The van der Waals surface area contributed by atoms with Gasteiger partial charge in [0.05, 0.1) is 20.5 Å². The van der Waals surface area contributed by atoms with Gasteiger partial charge in [0.2, 0.25) is 5.95 Å². The van der Waals surface area contributed by atoms with E-state index in [2.05, 4.69) is 25.6 Å². The summed E-state index contributed by atoms with van der Waals surface area (Å²) < 4.78 is 5.51. The lowest BCUT2D eigenvalue weighted by Gasteiger charge is -2.00. The third-order valence-electron chi connectivity index (χ3n) is 3.55. The topological polar surface area (TPSA) is 92.9 Å². The van der Waals surface area contributed by atoms with Gasteiger partial charge in [0.1, 0.15) is 5.52 Å². The van der Waals surface area contributed by atoms with E-state index < -0.39 is 0 Å². The Morgan fingerprint density at radius 2 is 2.08 bits per heavy atom. The van der Waals surface area contributed by atoms with Crippen LogP contribution in [0.2, 0.25) is 5.02 Å². The zero-order chi connectivity index (χ0) is 18.1. The summed E-state index contributed by atoms with van der Waals surface area (Å²) in [7, 11) is 1.75. The molecule has 0 aliphatic heterocycles. The van der Waals surface area contributed by atoms with E-state index in [1.54, 1.807) is 43.6 Å². The molecule has 0 unspecified atom stereocenters. The molecule has 0 saturated carbocycles. The van der Waals surface area contributed by atoms with Gasteiger partial charge >= 0.3 is 6.01 Å². The van der Waals surface area contributed by atoms with Crippen molar-refractivity contribution in [2.24, 2.45) is 0 Å². The average Bonchev–Trinajstić information content (AvgIpc) is 3.29. The van der Waals surface area contributed by atoms with Crippen molar-refractivity contribution < 1.29 is 9.21 Å². The normalized spacial score (nSPS) is 10.8. The molecule has 0 spiro atoms. The number of oxazole rings is 1. The zero-order valence-corrected chi connectivity index (χ0v) is 15.1. The van der Waals surface area contributed by atoms with E-state index in [9.17, 15) is 4.79 Å². The Balaban J connectivity index is 1.56. The molecule has 3 heterocycles. The summed E-state index contributed by atoms with van der Waals surface area (Å²) in [5.41, 5.74) is 1.76. The Kier molecular flexibility index (Phi) is 4.27. The molecule has 0 fully saturated rings. The van der Waals surface area contributed by atoms with Gasteiger partial charge in [-0.15, -0.1) is 11.3 Å². The standard InChI is InChI=1S/C17H12ClN5O2S/c1-19-16-20-8-7-10(21-16)12-5-6-13(26-12)15(24)23-17-22-14-9(18)3-2-4-11(14)25-17/h2-8H,1H3,(H,19,20,21)(H,22,23,24). The van der Waals surface area contributed by atoms with E-state index >= 15 is 0 Å². The molecule has 0 aliphatic rings. The third kappa shape index (κ3) is 3.12. The highest BCUT2D eigenvalue weighted by atomic mass is 35.5. The van der Waals surface area contributed by atoms with Crippen LogP contribution in [0.4, 0.5) is 12.0 Å². The van der Waals surface area contributed by atoms with Crippen molar-refractivity contribution in [1.82, 2.24) is 15.0 Å². The van der Waals surface area contributed by atoms with Crippen molar-refractivity contribution in [2.75, 3.05) is 17.7 Å². The molecule has 0 bridgehead atoms. The molecule has 26 heavy (non-hydrogen) atoms. The van der Waals surface area contributed by atoms with Gasteiger partial charge in [-0.1, -0.05) is 17.7 Å². The van der Waals surface area contributed by atoms with Crippen LogP contribution in [0.1, 0.15) is 9.67 Å². The number of nitrogens with zero attached hydrogens (tertiary/aromatic N) is 3. The molecule has 0 saturated heterocycles. The number of hydrogen-bond donors (Lipinski definition) is 2. The number of nitrogens with one attached hydrogen (secondary N) is 2. The average molecular weight is 386 g/mol. The first-order valence-corrected chi connectivity index (χ1v) is 8.81. The Morgan fingerprint density at radius 3 is 2.88 bits per heavy atom. The molecule has 130 valence electrons. The Morgan fingerprint density at radius 1 is 1.19 bits per heavy atom. The number of amides is 1. The zero-order valence-electron chi connectivity index (χ0n) is 13.5. The minimum absolute atomic E-state index is 0.104. The van der Waals surface area contributed by atoms with Gasteiger partial charge in [-0.2, -0.15) is 4.98 Å². The van der Waals surface area contributed by atoms with E-state index in [1.807, 2.05) is 6.07 Å². The maximum atomic E-state index is 12.5. The number of anilines is 2. The molecule has 1 amide bonds. The number of halogens is 1. The number of rotatable bonds is 4. The fourth-order valence-electron chi connectivity index (χ4n) is 2.34. The number of fused-ring (bicyclic) bond motifs is 1. The van der Waals surface area contributed by atoms with Gasteiger partial charge in [-0.3, -0.25) is 10.1 Å². The monoisotopic (exact) mass is 385 g/mol. The van der Waals surface area contributed by atoms with Crippen LogP contribution in [-0.2, 0) is 0 Å². The number of para-hydroxylation sites is 1. The highest BCUT2D eigenvalue weighted by Crippen LogP contribution is 2.29. The number of benzene rings is 1. The van der Waals surface area contributed by atoms with E-state index in [-0.39, 0.29) is 11.9 Å². The molecular formula is C17H12ClN5O2S. The van der Waals surface area contributed by atoms with E-state index in [4.69, 9.17) is 16.0 Å². The van der Waals surface area contributed by atoms with Gasteiger partial charge in [0.25, 0.3) is 5.91 Å². The smallest absolute Gasteiger partial charge is 0.302 e. The fraction of sp³-hybridized carbons (Fsp3) is 0.0588. The number of carbonyl (C=O) groups is 1. The van der Waals surface area contributed by atoms with Crippen molar-refractivity contribution in [1.29, 1.82) is 0 Å². The van der Waals surface area contributed by atoms with Crippen LogP contribution in [0.3, 0.4) is 0 Å². The molecule has 9 heteroatoms. The molecule has 3 aromatic heterocycles. The van der Waals surface area contributed by atoms with Crippen LogP contribution >= 0.6 is 22.9 Å². The predicted molar refractivity (Wildman–Crippen MR) is 102 cm³/mol. The summed E-state index contributed by atoms with van der Waals surface area (Å²) in [6.07, 6.45) is 1.66. The van der Waals surface area contributed by atoms with Gasteiger partial charge in [0.15, 0.2) is 5.58 Å². The highest BCUT2D eigenvalue weighted by Gasteiger charge is 2.15. The highest BCUT2D eigenvalue weighted by molar-refractivity contribution is 7.17. The summed E-state index contributed by atoms with van der Waals surface area (Å²) in [6.45, 7) is 0. The van der Waals surface area contributed by atoms with Crippen LogP contribution in [0.5, 0.6) is 0 Å². The molecule has 2 N–H and O–H groups in total. The van der Waals surface area contributed by atoms with Crippen molar-refractivity contribution >= 4 is 51.9 Å². The second-order valence-electron chi connectivity index (χ2n) is 5.24. The number of thiophene rings is 1. The summed E-state index contributed by atoms with van der Waals surface area (Å²) >= 11 is 7.39. The Labute approximate surface area is 157 Å². The molecule has 4 aromatic rings. The molecule has 0 aliphatic carbocycles. The first kappa shape index (κ1) is 16.5. The lowest BCUT2D eigenvalue weighted by Crippen LogP contribution is -2.10. The maximum Gasteiger partial charge on any atom is 0.302 e. The first-order valence-electron chi connectivity index (χ1n) is 7.61. The molecule has 1 aromatic carbocycles. The minimum Gasteiger partial charge on any atom is -0.423 e. The molecule has 4 rings (SSSR count). The third-order valence-corrected chi connectivity index (χ3v) is 4.96. The predicted octanol–water partition coefficient (Wildman–Crippen LogP) is 4.29. The molecular weight excluding hydrogens is 374 g/mol. The Bertz CT molecular complexity index is 1110. The van der Waals surface area contributed by atoms with Crippen molar-refractivity contribution in [3.05, 3.63) is 52.5 Å². The SMILES string of the molecule is CNc1nccc(-c2ccc(C(=O)Nc3nc4c(Cl)cccc4o3)s2)n1. The van der Waals surface area contributed by atoms with Crippen LogP contribution in [0.25, 0.3) is 21.7 Å². The van der Waals surface area contributed by atoms with Crippen LogP contribution in [0.15, 0.2) is 47.0 Å². The summed E-state index contributed by atoms with van der Waals surface area (Å²) in [5.74, 6) is 0.206. The van der Waals surface area contributed by atoms with Gasteiger partial charge in [-0.05, 0) is 30.3 Å². The van der Waals surface area contributed by atoms with Crippen molar-refractivity contribution in [3.8, 4) is 10.6 Å². The Hall–Kier alpha value is -2.97. The molecule has 7 nitrogen and oxygen atoms in total. The summed E-state index contributed by atoms with van der Waals surface area (Å²) in [4.78, 5) is 26.5.